The van der Waals surface area contributed by atoms with Crippen molar-refractivity contribution in [2.75, 3.05) is 5.32 Å². The predicted molar refractivity (Wildman–Crippen MR) is 80.9 cm³/mol. The second kappa shape index (κ2) is 6.15. The smallest absolute Gasteiger partial charge is 0.248 e. The highest BCUT2D eigenvalue weighted by molar-refractivity contribution is 7.13. The maximum atomic E-state index is 12.0. The van der Waals surface area contributed by atoms with Gasteiger partial charge in [-0.25, -0.2) is 0 Å². The van der Waals surface area contributed by atoms with Gasteiger partial charge in [0.1, 0.15) is 6.54 Å². The highest BCUT2D eigenvalue weighted by atomic mass is 32.1. The molecule has 0 bridgehead atoms. The number of carbonyl (C=O) groups excluding carboxylic acids is 1. The molecule has 0 unspecified atom stereocenters. The van der Waals surface area contributed by atoms with Gasteiger partial charge in [-0.15, -0.1) is 21.5 Å². The second-order valence-corrected chi connectivity index (χ2v) is 5.31. The molecule has 0 aliphatic heterocycles. The van der Waals surface area contributed by atoms with Crippen LogP contribution in [0.2, 0.25) is 0 Å². The average molecular weight is 310 g/mol. The van der Waals surface area contributed by atoms with Crippen LogP contribution in [0, 0.1) is 11.3 Å². The van der Waals surface area contributed by atoms with Crippen LogP contribution >= 0.6 is 11.3 Å². The summed E-state index contributed by atoms with van der Waals surface area (Å²) in [6, 6.07) is 12.5. The molecule has 0 fully saturated rings. The molecule has 0 radical (unpaired) electrons. The van der Waals surface area contributed by atoms with Gasteiger partial charge in [0.2, 0.25) is 11.7 Å². The zero-order chi connectivity index (χ0) is 15.4. The number of thiophene rings is 1. The van der Waals surface area contributed by atoms with Crippen molar-refractivity contribution in [1.82, 2.24) is 20.2 Å². The van der Waals surface area contributed by atoms with Crippen molar-refractivity contribution in [3.05, 3.63) is 47.3 Å². The minimum absolute atomic E-state index is 0.0465. The van der Waals surface area contributed by atoms with Gasteiger partial charge in [-0.3, -0.25) is 4.79 Å². The summed E-state index contributed by atoms with van der Waals surface area (Å²) in [4.78, 5) is 14.1. The van der Waals surface area contributed by atoms with E-state index in [2.05, 4.69) is 20.7 Å². The van der Waals surface area contributed by atoms with Crippen LogP contribution in [0.25, 0.3) is 10.7 Å². The zero-order valence-electron chi connectivity index (χ0n) is 11.3. The molecule has 7 nitrogen and oxygen atoms in total. The Balaban J connectivity index is 1.66. The van der Waals surface area contributed by atoms with Crippen LogP contribution in [0.4, 0.5) is 5.69 Å². The zero-order valence-corrected chi connectivity index (χ0v) is 12.1. The number of hydrogen-bond donors (Lipinski definition) is 1. The van der Waals surface area contributed by atoms with Crippen LogP contribution in [0.1, 0.15) is 5.56 Å². The first-order chi connectivity index (χ1) is 10.7. The Morgan fingerprint density at radius 1 is 1.36 bits per heavy atom. The van der Waals surface area contributed by atoms with E-state index in [0.717, 1.165) is 4.88 Å². The molecule has 3 rings (SSSR count). The third kappa shape index (κ3) is 3.16. The van der Waals surface area contributed by atoms with Gasteiger partial charge in [-0.1, -0.05) is 12.1 Å². The number of benzene rings is 1. The van der Waals surface area contributed by atoms with Crippen molar-refractivity contribution < 1.29 is 4.79 Å². The molecule has 1 N–H and O–H groups in total. The van der Waals surface area contributed by atoms with Crippen LogP contribution in [0.5, 0.6) is 0 Å². The SMILES string of the molecule is N#Cc1cccc(NC(=O)Cn2nnc(-c3cccs3)n2)c1. The van der Waals surface area contributed by atoms with E-state index in [9.17, 15) is 4.79 Å². The fraction of sp³-hybridized carbons (Fsp3) is 0.0714. The number of tetrazole rings is 1. The Bertz CT molecular complexity index is 833. The third-order valence-corrected chi connectivity index (χ3v) is 3.62. The van der Waals surface area contributed by atoms with Crippen molar-refractivity contribution in [2.45, 2.75) is 6.54 Å². The van der Waals surface area contributed by atoms with Crippen LogP contribution in [0.3, 0.4) is 0 Å². The Kier molecular flexibility index (Phi) is 3.89. The van der Waals surface area contributed by atoms with Crippen molar-refractivity contribution in [2.24, 2.45) is 0 Å². The summed E-state index contributed by atoms with van der Waals surface area (Å²) in [6.45, 7) is -0.0465. The molecule has 2 aromatic heterocycles. The van der Waals surface area contributed by atoms with E-state index < -0.39 is 0 Å². The predicted octanol–water partition coefficient (Wildman–Crippen LogP) is 1.91. The molecule has 0 saturated carbocycles. The number of rotatable bonds is 4. The largest absolute Gasteiger partial charge is 0.324 e. The van der Waals surface area contributed by atoms with Gasteiger partial charge < -0.3 is 5.32 Å². The lowest BCUT2D eigenvalue weighted by Crippen LogP contribution is -2.20. The Labute approximate surface area is 129 Å². The lowest BCUT2D eigenvalue weighted by atomic mass is 10.2. The third-order valence-electron chi connectivity index (χ3n) is 2.75. The first kappa shape index (κ1) is 13.9. The molecule has 0 atom stereocenters. The topological polar surface area (TPSA) is 96.5 Å². The van der Waals surface area contributed by atoms with E-state index in [1.807, 2.05) is 23.6 Å². The lowest BCUT2D eigenvalue weighted by molar-refractivity contribution is -0.117. The van der Waals surface area contributed by atoms with Crippen molar-refractivity contribution in [1.29, 1.82) is 5.26 Å². The number of aromatic nitrogens is 4. The number of nitrogens with zero attached hydrogens (tertiary/aromatic N) is 5. The van der Waals surface area contributed by atoms with E-state index >= 15 is 0 Å². The summed E-state index contributed by atoms with van der Waals surface area (Å²) < 4.78 is 0. The number of carbonyl (C=O) groups is 1. The van der Waals surface area contributed by atoms with E-state index in [1.165, 1.54) is 16.1 Å². The van der Waals surface area contributed by atoms with Gasteiger partial charge >= 0.3 is 0 Å². The van der Waals surface area contributed by atoms with E-state index in [4.69, 9.17) is 5.26 Å². The van der Waals surface area contributed by atoms with Gasteiger partial charge in [0.15, 0.2) is 0 Å². The summed E-state index contributed by atoms with van der Waals surface area (Å²) in [5.74, 6) is 0.208. The maximum absolute atomic E-state index is 12.0. The fourth-order valence-corrected chi connectivity index (χ4v) is 2.46. The summed E-state index contributed by atoms with van der Waals surface area (Å²) in [6.07, 6.45) is 0. The van der Waals surface area contributed by atoms with Crippen molar-refractivity contribution in [3.63, 3.8) is 0 Å². The molecule has 0 saturated heterocycles. The quantitative estimate of drug-likeness (QED) is 0.794. The van der Waals surface area contributed by atoms with Gasteiger partial charge in [0.05, 0.1) is 16.5 Å². The summed E-state index contributed by atoms with van der Waals surface area (Å²) in [7, 11) is 0. The summed E-state index contributed by atoms with van der Waals surface area (Å²) in [5, 5.41) is 25.4. The van der Waals surface area contributed by atoms with Crippen LogP contribution in [-0.2, 0) is 11.3 Å². The minimum Gasteiger partial charge on any atom is -0.324 e. The molecule has 8 heteroatoms. The number of anilines is 1. The number of hydrogen-bond acceptors (Lipinski definition) is 6. The van der Waals surface area contributed by atoms with E-state index in [1.54, 1.807) is 24.3 Å². The monoisotopic (exact) mass is 310 g/mol. The first-order valence-corrected chi connectivity index (χ1v) is 7.24. The molecular weight excluding hydrogens is 300 g/mol. The number of nitrogens with one attached hydrogen (secondary N) is 1. The average Bonchev–Trinajstić information content (AvgIpc) is 3.18. The summed E-state index contributed by atoms with van der Waals surface area (Å²) >= 11 is 1.51. The maximum Gasteiger partial charge on any atom is 0.248 e. The van der Waals surface area contributed by atoms with E-state index in [-0.39, 0.29) is 12.5 Å². The fourth-order valence-electron chi connectivity index (χ4n) is 1.81. The Morgan fingerprint density at radius 3 is 3.05 bits per heavy atom. The normalized spacial score (nSPS) is 10.1. The van der Waals surface area contributed by atoms with Gasteiger partial charge in [-0.2, -0.15) is 10.1 Å². The molecule has 22 heavy (non-hydrogen) atoms. The second-order valence-electron chi connectivity index (χ2n) is 4.36. The standard InChI is InChI=1S/C14H10N6OS/c15-8-10-3-1-4-11(7-10)16-13(21)9-20-18-14(17-19-20)12-5-2-6-22-12/h1-7H,9H2,(H,16,21). The first-order valence-electron chi connectivity index (χ1n) is 6.36. The molecular formula is C14H10N6OS. The van der Waals surface area contributed by atoms with Crippen LogP contribution in [-0.4, -0.2) is 26.1 Å². The molecule has 108 valence electrons. The molecule has 0 aliphatic rings. The highest BCUT2D eigenvalue weighted by Crippen LogP contribution is 2.19. The molecule has 0 spiro atoms. The van der Waals surface area contributed by atoms with Gasteiger partial charge in [0, 0.05) is 5.69 Å². The Morgan fingerprint density at radius 2 is 2.27 bits per heavy atom. The van der Waals surface area contributed by atoms with Gasteiger partial charge in [-0.05, 0) is 34.9 Å². The lowest BCUT2D eigenvalue weighted by Gasteiger charge is -2.04. The minimum atomic E-state index is -0.287. The van der Waals surface area contributed by atoms with Crippen molar-refractivity contribution >= 4 is 22.9 Å². The van der Waals surface area contributed by atoms with Crippen LogP contribution < -0.4 is 5.32 Å². The molecule has 1 amide bonds. The molecule has 0 aliphatic carbocycles. The number of nitriles is 1. The van der Waals surface area contributed by atoms with Crippen LogP contribution in [0.15, 0.2) is 41.8 Å². The highest BCUT2D eigenvalue weighted by Gasteiger charge is 2.10. The van der Waals surface area contributed by atoms with Gasteiger partial charge in [0.25, 0.3) is 0 Å². The Hall–Kier alpha value is -3.05. The molecule has 1 aromatic carbocycles. The number of amides is 1. The molecule has 2 heterocycles. The molecule has 3 aromatic rings. The van der Waals surface area contributed by atoms with E-state index in [0.29, 0.717) is 17.1 Å². The van der Waals surface area contributed by atoms with Crippen molar-refractivity contribution in [3.8, 4) is 16.8 Å². The summed E-state index contributed by atoms with van der Waals surface area (Å²) in [5.41, 5.74) is 1.04.